The second-order valence-corrected chi connectivity index (χ2v) is 6.00. The topological polar surface area (TPSA) is 88.5 Å². The average molecular weight is 345 g/mol. The molecular formula is C16H23N7O2. The molecule has 25 heavy (non-hydrogen) atoms. The van der Waals surface area contributed by atoms with Crippen molar-refractivity contribution >= 4 is 17.6 Å². The zero-order chi connectivity index (χ0) is 17.8. The summed E-state index contributed by atoms with van der Waals surface area (Å²) in [7, 11) is 7.13. The maximum atomic E-state index is 5.64. The van der Waals surface area contributed by atoms with Crippen LogP contribution >= 0.6 is 0 Å². The molecule has 134 valence electrons. The average Bonchev–Trinajstić information content (AvgIpc) is 3.05. The van der Waals surface area contributed by atoms with Gasteiger partial charge in [0.2, 0.25) is 11.8 Å². The Morgan fingerprint density at radius 2 is 2.00 bits per heavy atom. The lowest BCUT2D eigenvalue weighted by molar-refractivity contribution is 0.113. The molecule has 0 aromatic carbocycles. The first-order valence-electron chi connectivity index (χ1n) is 8.03. The Kier molecular flexibility index (Phi) is 5.13. The van der Waals surface area contributed by atoms with Gasteiger partial charge in [-0.1, -0.05) is 0 Å². The number of anilines is 3. The van der Waals surface area contributed by atoms with Crippen molar-refractivity contribution < 1.29 is 9.47 Å². The molecule has 3 heterocycles. The van der Waals surface area contributed by atoms with E-state index in [9.17, 15) is 0 Å². The van der Waals surface area contributed by atoms with Crippen LogP contribution in [0.1, 0.15) is 0 Å². The number of nitrogens with zero attached hydrogens (tertiary/aromatic N) is 6. The standard InChI is InChI=1S/C16H23N7O2/c1-22(2)16-17-8-7-14(19-16)23-9-11(12(10-23)24-3)18-13-5-6-15(25-4)21-20-13/h5-8,11-12H,9-10H2,1-4H3,(H,18,20)/t11-,12+/m0/s1. The van der Waals surface area contributed by atoms with Gasteiger partial charge in [-0.3, -0.25) is 0 Å². The Morgan fingerprint density at radius 1 is 1.16 bits per heavy atom. The third-order valence-electron chi connectivity index (χ3n) is 4.10. The summed E-state index contributed by atoms with van der Waals surface area (Å²) in [6.07, 6.45) is 1.79. The molecule has 0 spiro atoms. The second-order valence-electron chi connectivity index (χ2n) is 6.00. The Labute approximate surface area is 147 Å². The molecule has 1 N–H and O–H groups in total. The summed E-state index contributed by atoms with van der Waals surface area (Å²) in [4.78, 5) is 12.9. The van der Waals surface area contributed by atoms with E-state index in [0.717, 1.165) is 18.9 Å². The molecule has 1 aliphatic rings. The van der Waals surface area contributed by atoms with E-state index >= 15 is 0 Å². The molecule has 0 saturated carbocycles. The third-order valence-corrected chi connectivity index (χ3v) is 4.10. The molecule has 2 aromatic heterocycles. The predicted octanol–water partition coefficient (Wildman–Crippen LogP) is 0.657. The van der Waals surface area contributed by atoms with Gasteiger partial charge in [-0.2, -0.15) is 4.98 Å². The summed E-state index contributed by atoms with van der Waals surface area (Å²) in [5.41, 5.74) is 0. The SMILES string of the molecule is COc1ccc(N[C@H]2CN(c3ccnc(N(C)C)n3)C[C@H]2OC)nn1. The maximum absolute atomic E-state index is 5.64. The summed E-state index contributed by atoms with van der Waals surface area (Å²) in [6.45, 7) is 1.48. The van der Waals surface area contributed by atoms with Crippen molar-refractivity contribution in [2.75, 3.05) is 56.5 Å². The van der Waals surface area contributed by atoms with Gasteiger partial charge >= 0.3 is 0 Å². The van der Waals surface area contributed by atoms with Gasteiger partial charge in [0.25, 0.3) is 0 Å². The molecule has 0 radical (unpaired) electrons. The lowest BCUT2D eigenvalue weighted by atomic mass is 10.2. The molecule has 3 rings (SSSR count). The van der Waals surface area contributed by atoms with Crippen LogP contribution in [0.5, 0.6) is 5.88 Å². The van der Waals surface area contributed by atoms with Crippen molar-refractivity contribution in [2.24, 2.45) is 0 Å². The molecule has 0 unspecified atom stereocenters. The molecule has 1 aliphatic heterocycles. The maximum Gasteiger partial charge on any atom is 0.233 e. The summed E-state index contributed by atoms with van der Waals surface area (Å²) in [5.74, 6) is 2.74. The van der Waals surface area contributed by atoms with E-state index in [-0.39, 0.29) is 12.1 Å². The van der Waals surface area contributed by atoms with Crippen molar-refractivity contribution in [2.45, 2.75) is 12.1 Å². The molecule has 0 bridgehead atoms. The highest BCUT2D eigenvalue weighted by Gasteiger charge is 2.34. The van der Waals surface area contributed by atoms with Crippen molar-refractivity contribution in [3.63, 3.8) is 0 Å². The molecule has 2 atom stereocenters. The number of aromatic nitrogens is 4. The normalized spacial score (nSPS) is 19.8. The Balaban J connectivity index is 1.72. The first kappa shape index (κ1) is 17.2. The molecule has 9 nitrogen and oxygen atoms in total. The van der Waals surface area contributed by atoms with Crippen molar-refractivity contribution in [3.8, 4) is 5.88 Å². The van der Waals surface area contributed by atoms with Crippen LogP contribution in [-0.2, 0) is 4.74 Å². The zero-order valence-electron chi connectivity index (χ0n) is 14.9. The number of rotatable bonds is 6. The molecule has 1 saturated heterocycles. The highest BCUT2D eigenvalue weighted by Crippen LogP contribution is 2.23. The van der Waals surface area contributed by atoms with E-state index in [1.807, 2.05) is 31.1 Å². The zero-order valence-corrected chi connectivity index (χ0v) is 14.9. The summed E-state index contributed by atoms with van der Waals surface area (Å²) in [5, 5.41) is 11.5. The van der Waals surface area contributed by atoms with Gasteiger partial charge in [0.15, 0.2) is 0 Å². The van der Waals surface area contributed by atoms with Gasteiger partial charge in [-0.05, 0) is 12.1 Å². The molecule has 9 heteroatoms. The van der Waals surface area contributed by atoms with Crippen LogP contribution in [0.2, 0.25) is 0 Å². The first-order valence-corrected chi connectivity index (χ1v) is 8.03. The fourth-order valence-electron chi connectivity index (χ4n) is 2.77. The van der Waals surface area contributed by atoms with E-state index in [4.69, 9.17) is 9.47 Å². The number of nitrogens with one attached hydrogen (secondary N) is 1. The van der Waals surface area contributed by atoms with Crippen molar-refractivity contribution in [1.29, 1.82) is 0 Å². The largest absolute Gasteiger partial charge is 0.480 e. The van der Waals surface area contributed by atoms with Crippen LogP contribution in [0.3, 0.4) is 0 Å². The smallest absolute Gasteiger partial charge is 0.233 e. The van der Waals surface area contributed by atoms with Crippen LogP contribution in [0.4, 0.5) is 17.6 Å². The highest BCUT2D eigenvalue weighted by molar-refractivity contribution is 5.47. The minimum absolute atomic E-state index is 0.0154. The number of hydrogen-bond donors (Lipinski definition) is 1. The highest BCUT2D eigenvalue weighted by atomic mass is 16.5. The second kappa shape index (κ2) is 7.47. The predicted molar refractivity (Wildman–Crippen MR) is 95.4 cm³/mol. The van der Waals surface area contributed by atoms with Gasteiger partial charge in [0, 0.05) is 46.6 Å². The van der Waals surface area contributed by atoms with Gasteiger partial charge in [0.05, 0.1) is 19.3 Å². The van der Waals surface area contributed by atoms with Gasteiger partial charge in [-0.15, -0.1) is 10.2 Å². The number of methoxy groups -OCH3 is 2. The van der Waals surface area contributed by atoms with Crippen LogP contribution in [-0.4, -0.2) is 73.7 Å². The minimum Gasteiger partial charge on any atom is -0.480 e. The summed E-state index contributed by atoms with van der Waals surface area (Å²) < 4.78 is 10.7. The molecule has 2 aromatic rings. The van der Waals surface area contributed by atoms with E-state index in [1.54, 1.807) is 26.5 Å². The molecule has 1 fully saturated rings. The third kappa shape index (κ3) is 3.87. The fourth-order valence-corrected chi connectivity index (χ4v) is 2.77. The molecule has 0 aliphatic carbocycles. The number of ether oxygens (including phenoxy) is 2. The Morgan fingerprint density at radius 3 is 2.64 bits per heavy atom. The summed E-state index contributed by atoms with van der Waals surface area (Å²) in [6, 6.07) is 5.61. The number of hydrogen-bond acceptors (Lipinski definition) is 9. The van der Waals surface area contributed by atoms with Gasteiger partial charge < -0.3 is 24.6 Å². The van der Waals surface area contributed by atoms with Gasteiger partial charge in [0.1, 0.15) is 11.6 Å². The van der Waals surface area contributed by atoms with Crippen LogP contribution in [0.25, 0.3) is 0 Å². The summed E-state index contributed by atoms with van der Waals surface area (Å²) >= 11 is 0. The van der Waals surface area contributed by atoms with Crippen LogP contribution in [0, 0.1) is 0 Å². The first-order chi connectivity index (χ1) is 12.1. The van der Waals surface area contributed by atoms with Crippen molar-refractivity contribution in [3.05, 3.63) is 24.4 Å². The van der Waals surface area contributed by atoms with Crippen LogP contribution in [0.15, 0.2) is 24.4 Å². The van der Waals surface area contributed by atoms with Crippen LogP contribution < -0.4 is 19.9 Å². The minimum atomic E-state index is 0.0154. The van der Waals surface area contributed by atoms with E-state index in [1.165, 1.54) is 0 Å². The van der Waals surface area contributed by atoms with E-state index < -0.39 is 0 Å². The van der Waals surface area contributed by atoms with E-state index in [0.29, 0.717) is 17.6 Å². The quantitative estimate of drug-likeness (QED) is 0.811. The Bertz CT molecular complexity index is 695. The fraction of sp³-hybridized carbons (Fsp3) is 0.500. The Hall–Kier alpha value is -2.68. The van der Waals surface area contributed by atoms with Crippen molar-refractivity contribution in [1.82, 2.24) is 20.2 Å². The lowest BCUT2D eigenvalue weighted by Gasteiger charge is -2.19. The lowest BCUT2D eigenvalue weighted by Crippen LogP contribution is -2.34. The monoisotopic (exact) mass is 345 g/mol. The molecular weight excluding hydrogens is 322 g/mol. The van der Waals surface area contributed by atoms with E-state index in [2.05, 4.69) is 30.4 Å². The molecule has 0 amide bonds. The van der Waals surface area contributed by atoms with Gasteiger partial charge in [-0.25, -0.2) is 4.98 Å².